The van der Waals surface area contributed by atoms with Crippen molar-refractivity contribution in [2.75, 3.05) is 0 Å². The third kappa shape index (κ3) is 9.08. The molecule has 0 N–H and O–H groups in total. The van der Waals surface area contributed by atoms with Crippen LogP contribution in [-0.4, -0.2) is 35.8 Å². The minimum atomic E-state index is -0.882. The molecule has 0 radical (unpaired) electrons. The summed E-state index contributed by atoms with van der Waals surface area (Å²) in [5.41, 5.74) is 0.631. The molecule has 0 aliphatic heterocycles. The summed E-state index contributed by atoms with van der Waals surface area (Å²) in [5, 5.41) is 0. The lowest BCUT2D eigenvalue weighted by atomic mass is 10.4. The van der Waals surface area contributed by atoms with Gasteiger partial charge in [-0.3, -0.25) is 0 Å². The second-order valence-electron chi connectivity index (χ2n) is 4.69. The van der Waals surface area contributed by atoms with Crippen LogP contribution < -0.4 is 0 Å². The maximum absolute atomic E-state index is 5.85. The van der Waals surface area contributed by atoms with Gasteiger partial charge in [-0.2, -0.15) is 0 Å². The van der Waals surface area contributed by atoms with E-state index in [1.807, 2.05) is 36.5 Å². The molecule has 22 heavy (non-hydrogen) atoms. The lowest BCUT2D eigenvalue weighted by molar-refractivity contribution is -0.141. The molecule has 0 aromatic rings. The number of allylic oxidation sites excluding steroid dienone is 6. The summed E-state index contributed by atoms with van der Waals surface area (Å²) >= 11 is 0. The molecule has 0 fully saturated rings. The van der Waals surface area contributed by atoms with Crippen LogP contribution in [0.4, 0.5) is 0 Å². The van der Waals surface area contributed by atoms with Crippen LogP contribution in [0.1, 0.15) is 0 Å². The van der Waals surface area contributed by atoms with Gasteiger partial charge < -0.3 is 13.3 Å². The van der Waals surface area contributed by atoms with Crippen molar-refractivity contribution < 1.29 is 13.3 Å². The van der Waals surface area contributed by atoms with Crippen LogP contribution in [0.5, 0.6) is 0 Å². The van der Waals surface area contributed by atoms with Crippen LogP contribution in [0.3, 0.4) is 0 Å². The fourth-order valence-corrected chi connectivity index (χ4v) is 4.52. The van der Waals surface area contributed by atoms with Gasteiger partial charge in [0.15, 0.2) is 29.3 Å². The van der Waals surface area contributed by atoms with Gasteiger partial charge in [-0.15, -0.1) is 39.5 Å². The fraction of sp³-hybridized carbons (Fsp3) is 0.250. The van der Waals surface area contributed by atoms with Crippen molar-refractivity contribution in [3.05, 3.63) is 75.9 Å². The van der Waals surface area contributed by atoms with Crippen molar-refractivity contribution in [3.63, 3.8) is 0 Å². The van der Waals surface area contributed by atoms with Crippen molar-refractivity contribution in [1.82, 2.24) is 0 Å². The molecule has 0 amide bonds. The molecule has 0 spiro atoms. The standard InChI is InChI=1S/C16H28O3Si3/c1-7-13(8-2)20-17-16(18-21-14(9-3)10-4)19-22-15(11-5)12-6/h7-16H,1-6,20-22H2. The Kier molecular flexibility index (Phi) is 13.0. The van der Waals surface area contributed by atoms with Gasteiger partial charge in [0, 0.05) is 16.6 Å². The van der Waals surface area contributed by atoms with E-state index in [-0.39, 0.29) is 16.6 Å². The van der Waals surface area contributed by atoms with E-state index < -0.39 is 35.8 Å². The SMILES string of the molecule is C=CC(C=C)[SiH2]OC(O[SiH2]C(C=C)C=C)O[SiH2]C(C=C)C=C. The van der Waals surface area contributed by atoms with Gasteiger partial charge in [-0.05, 0) is 0 Å². The number of hydrogen-bond donors (Lipinski definition) is 0. The topological polar surface area (TPSA) is 27.7 Å². The smallest absolute Gasteiger partial charge is 0.241 e. The Morgan fingerprint density at radius 3 is 0.909 bits per heavy atom. The van der Waals surface area contributed by atoms with Crippen molar-refractivity contribution in [3.8, 4) is 0 Å². The van der Waals surface area contributed by atoms with Gasteiger partial charge >= 0.3 is 0 Å². The van der Waals surface area contributed by atoms with Gasteiger partial charge in [0.1, 0.15) is 0 Å². The highest BCUT2D eigenvalue weighted by atomic mass is 28.2. The second kappa shape index (κ2) is 13.6. The minimum Gasteiger partial charge on any atom is -0.379 e. The van der Waals surface area contributed by atoms with Crippen LogP contribution >= 0.6 is 0 Å². The first-order valence-corrected chi connectivity index (χ1v) is 11.4. The first-order valence-electron chi connectivity index (χ1n) is 7.25. The lowest BCUT2D eigenvalue weighted by Gasteiger charge is -2.23. The van der Waals surface area contributed by atoms with Gasteiger partial charge in [0.2, 0.25) is 6.48 Å². The third-order valence-corrected chi connectivity index (χ3v) is 7.64. The van der Waals surface area contributed by atoms with Crippen LogP contribution in [0, 0.1) is 0 Å². The molecule has 0 aromatic heterocycles. The molecular weight excluding hydrogens is 324 g/mol. The zero-order chi connectivity index (χ0) is 16.8. The van der Waals surface area contributed by atoms with Crippen molar-refractivity contribution in [1.29, 1.82) is 0 Å². The normalized spacial score (nSPS) is 13.8. The highest BCUT2D eigenvalue weighted by Gasteiger charge is 2.15. The van der Waals surface area contributed by atoms with Crippen LogP contribution in [0.2, 0.25) is 16.6 Å². The van der Waals surface area contributed by atoms with Crippen molar-refractivity contribution in [2.45, 2.75) is 23.1 Å². The van der Waals surface area contributed by atoms with E-state index in [0.29, 0.717) is 0 Å². The summed E-state index contributed by atoms with van der Waals surface area (Å²) in [6.07, 6.45) is 11.1. The zero-order valence-electron chi connectivity index (χ0n) is 13.4. The average molecular weight is 353 g/mol. The Morgan fingerprint density at radius 2 is 0.727 bits per heavy atom. The Balaban J connectivity index is 4.52. The predicted molar refractivity (Wildman–Crippen MR) is 105 cm³/mol. The summed E-state index contributed by atoms with van der Waals surface area (Å²) < 4.78 is 17.5. The van der Waals surface area contributed by atoms with E-state index in [4.69, 9.17) is 13.3 Å². The average Bonchev–Trinajstić information content (AvgIpc) is 2.56. The van der Waals surface area contributed by atoms with Crippen LogP contribution in [0.15, 0.2) is 75.9 Å². The molecule has 0 heterocycles. The molecule has 0 saturated heterocycles. The van der Waals surface area contributed by atoms with Gasteiger partial charge in [-0.25, -0.2) is 0 Å². The van der Waals surface area contributed by atoms with E-state index in [2.05, 4.69) is 39.5 Å². The minimum absolute atomic E-state index is 0.210. The van der Waals surface area contributed by atoms with E-state index in [1.165, 1.54) is 0 Å². The summed E-state index contributed by atoms with van der Waals surface area (Å²) in [7, 11) is -2.65. The molecule has 0 aromatic carbocycles. The molecule has 0 atom stereocenters. The monoisotopic (exact) mass is 352 g/mol. The van der Waals surface area contributed by atoms with Gasteiger partial charge in [0.05, 0.1) is 0 Å². The summed E-state index contributed by atoms with van der Waals surface area (Å²) in [6, 6.07) is 0. The summed E-state index contributed by atoms with van der Waals surface area (Å²) in [4.78, 5) is 0. The molecule has 0 bridgehead atoms. The van der Waals surface area contributed by atoms with Crippen molar-refractivity contribution in [2.24, 2.45) is 0 Å². The molecule has 3 nitrogen and oxygen atoms in total. The van der Waals surface area contributed by atoms with Gasteiger partial charge in [0.25, 0.3) is 0 Å². The molecule has 0 rings (SSSR count). The second-order valence-corrected chi connectivity index (χ2v) is 9.52. The molecule has 0 aliphatic rings. The highest BCUT2D eigenvalue weighted by Crippen LogP contribution is 2.13. The Labute approximate surface area is 142 Å². The summed E-state index contributed by atoms with van der Waals surface area (Å²) in [6.45, 7) is 22.1. The lowest BCUT2D eigenvalue weighted by Crippen LogP contribution is -2.29. The molecule has 6 heteroatoms. The fourth-order valence-electron chi connectivity index (χ4n) is 1.41. The number of hydrogen-bond acceptors (Lipinski definition) is 3. The van der Waals surface area contributed by atoms with E-state index >= 15 is 0 Å². The Morgan fingerprint density at radius 1 is 0.500 bits per heavy atom. The van der Waals surface area contributed by atoms with Crippen LogP contribution in [-0.2, 0) is 13.3 Å². The largest absolute Gasteiger partial charge is 0.379 e. The highest BCUT2D eigenvalue weighted by molar-refractivity contribution is 6.34. The quantitative estimate of drug-likeness (QED) is 0.256. The first kappa shape index (κ1) is 21.0. The molecule has 0 unspecified atom stereocenters. The predicted octanol–water partition coefficient (Wildman–Crippen LogP) is 2.05. The maximum Gasteiger partial charge on any atom is 0.241 e. The molecule has 0 saturated carbocycles. The van der Waals surface area contributed by atoms with Crippen molar-refractivity contribution >= 4 is 29.3 Å². The first-order chi connectivity index (χ1) is 10.6. The Bertz CT molecular complexity index is 304. The van der Waals surface area contributed by atoms with E-state index in [0.717, 1.165) is 0 Å². The third-order valence-electron chi connectivity index (χ3n) is 3.09. The van der Waals surface area contributed by atoms with E-state index in [9.17, 15) is 0 Å². The zero-order valence-corrected chi connectivity index (χ0v) is 17.6. The maximum atomic E-state index is 5.85. The molecule has 0 aliphatic carbocycles. The number of rotatable bonds is 15. The molecular formula is C16H28O3Si3. The Hall–Kier alpha value is -1.03. The van der Waals surface area contributed by atoms with E-state index in [1.54, 1.807) is 0 Å². The molecule has 122 valence electrons. The van der Waals surface area contributed by atoms with Gasteiger partial charge in [-0.1, -0.05) is 36.5 Å². The summed E-state index contributed by atoms with van der Waals surface area (Å²) in [5.74, 6) is 0. The van der Waals surface area contributed by atoms with Crippen LogP contribution in [0.25, 0.3) is 0 Å².